The Morgan fingerprint density at radius 1 is 1.24 bits per heavy atom. The van der Waals surface area contributed by atoms with Crippen molar-refractivity contribution in [2.75, 3.05) is 38.0 Å². The average molecular weight is 292 g/mol. The number of carbonyl (C=O) groups is 1. The molecule has 0 atom stereocenters. The van der Waals surface area contributed by atoms with E-state index in [0.29, 0.717) is 12.1 Å². The van der Waals surface area contributed by atoms with Gasteiger partial charge in [0, 0.05) is 24.3 Å². The number of anilines is 1. The first-order chi connectivity index (χ1) is 10.1. The van der Waals surface area contributed by atoms with Gasteiger partial charge in [-0.1, -0.05) is 13.8 Å². The minimum absolute atomic E-state index is 0.0285. The number of aryl methyl sites for hydroxylation is 1. The molecule has 0 saturated heterocycles. The lowest BCUT2D eigenvalue weighted by molar-refractivity contribution is 0.0951. The van der Waals surface area contributed by atoms with Gasteiger partial charge in [-0.15, -0.1) is 0 Å². The number of pyridine rings is 1. The van der Waals surface area contributed by atoms with E-state index in [4.69, 9.17) is 0 Å². The summed E-state index contributed by atoms with van der Waals surface area (Å²) in [7, 11) is 0. The number of carbonyl (C=O) groups excluding carboxylic acids is 1. The summed E-state index contributed by atoms with van der Waals surface area (Å²) in [4.78, 5) is 18.9. The summed E-state index contributed by atoms with van der Waals surface area (Å²) in [5, 5.41) is 6.12. The van der Waals surface area contributed by atoms with Crippen molar-refractivity contribution in [2.24, 2.45) is 0 Å². The van der Waals surface area contributed by atoms with Gasteiger partial charge in [0.05, 0.1) is 0 Å². The topological polar surface area (TPSA) is 57.3 Å². The molecule has 0 aliphatic heterocycles. The molecule has 0 aliphatic carbocycles. The average Bonchev–Trinajstić information content (AvgIpc) is 2.47. The van der Waals surface area contributed by atoms with Gasteiger partial charge in [0.2, 0.25) is 0 Å². The summed E-state index contributed by atoms with van der Waals surface area (Å²) in [6, 6.07) is 3.62. The molecule has 1 heterocycles. The standard InChI is InChI=1S/C16H28N4O/c1-5-17-15-12-14(11-13(4)19-15)16(21)18-9-8-10-20(6-2)7-3/h11-12H,5-10H2,1-4H3,(H,17,19)(H,18,21). The number of hydrogen-bond acceptors (Lipinski definition) is 4. The molecular weight excluding hydrogens is 264 g/mol. The molecule has 118 valence electrons. The Morgan fingerprint density at radius 3 is 2.57 bits per heavy atom. The van der Waals surface area contributed by atoms with E-state index in [2.05, 4.69) is 34.4 Å². The fraction of sp³-hybridized carbons (Fsp3) is 0.625. The number of rotatable bonds is 9. The minimum atomic E-state index is -0.0285. The minimum Gasteiger partial charge on any atom is -0.370 e. The number of nitrogens with zero attached hydrogens (tertiary/aromatic N) is 2. The molecule has 1 rings (SSSR count). The van der Waals surface area contributed by atoms with E-state index in [-0.39, 0.29) is 5.91 Å². The van der Waals surface area contributed by atoms with Crippen LogP contribution in [-0.4, -0.2) is 48.5 Å². The summed E-state index contributed by atoms with van der Waals surface area (Å²) in [5.41, 5.74) is 1.52. The molecule has 0 spiro atoms. The summed E-state index contributed by atoms with van der Waals surface area (Å²) in [5.74, 6) is 0.727. The van der Waals surface area contributed by atoms with Crippen LogP contribution < -0.4 is 10.6 Å². The zero-order valence-corrected chi connectivity index (χ0v) is 13.7. The summed E-state index contributed by atoms with van der Waals surface area (Å²) in [6.45, 7) is 12.9. The number of amides is 1. The molecule has 0 bridgehead atoms. The molecule has 1 amide bonds. The fourth-order valence-corrected chi connectivity index (χ4v) is 2.22. The highest BCUT2D eigenvalue weighted by atomic mass is 16.1. The summed E-state index contributed by atoms with van der Waals surface area (Å²) >= 11 is 0. The van der Waals surface area contributed by atoms with Crippen LogP contribution >= 0.6 is 0 Å². The molecule has 0 unspecified atom stereocenters. The first kappa shape index (κ1) is 17.4. The van der Waals surface area contributed by atoms with Crippen LogP contribution in [0.4, 0.5) is 5.82 Å². The van der Waals surface area contributed by atoms with E-state index in [9.17, 15) is 4.79 Å². The van der Waals surface area contributed by atoms with Crippen molar-refractivity contribution >= 4 is 11.7 Å². The number of nitrogens with one attached hydrogen (secondary N) is 2. The van der Waals surface area contributed by atoms with E-state index in [1.165, 1.54) is 0 Å². The fourth-order valence-electron chi connectivity index (χ4n) is 2.22. The van der Waals surface area contributed by atoms with Crippen LogP contribution in [0.3, 0.4) is 0 Å². The molecule has 5 nitrogen and oxygen atoms in total. The molecule has 21 heavy (non-hydrogen) atoms. The zero-order chi connectivity index (χ0) is 15.7. The Kier molecular flexibility index (Phi) is 7.75. The van der Waals surface area contributed by atoms with Gasteiger partial charge in [0.25, 0.3) is 5.91 Å². The van der Waals surface area contributed by atoms with Gasteiger partial charge in [0.15, 0.2) is 0 Å². The molecule has 2 N–H and O–H groups in total. The Labute approximate surface area is 128 Å². The first-order valence-corrected chi connectivity index (χ1v) is 7.83. The van der Waals surface area contributed by atoms with Gasteiger partial charge in [-0.25, -0.2) is 4.98 Å². The third-order valence-electron chi connectivity index (χ3n) is 3.40. The monoisotopic (exact) mass is 292 g/mol. The molecule has 1 aromatic heterocycles. The zero-order valence-electron chi connectivity index (χ0n) is 13.7. The second-order valence-electron chi connectivity index (χ2n) is 5.05. The second kappa shape index (κ2) is 9.34. The normalized spacial score (nSPS) is 10.7. The number of hydrogen-bond donors (Lipinski definition) is 2. The molecule has 0 saturated carbocycles. The Balaban J connectivity index is 2.48. The maximum absolute atomic E-state index is 12.2. The van der Waals surface area contributed by atoms with E-state index in [1.807, 2.05) is 19.9 Å². The molecule has 1 aromatic rings. The van der Waals surface area contributed by atoms with Gasteiger partial charge in [-0.05, 0) is 52.0 Å². The highest BCUT2D eigenvalue weighted by Gasteiger charge is 2.08. The van der Waals surface area contributed by atoms with Gasteiger partial charge >= 0.3 is 0 Å². The van der Waals surface area contributed by atoms with Gasteiger partial charge in [0.1, 0.15) is 5.82 Å². The smallest absolute Gasteiger partial charge is 0.251 e. The SMILES string of the molecule is CCNc1cc(C(=O)NCCCN(CC)CC)cc(C)n1. The Hall–Kier alpha value is -1.62. The van der Waals surface area contributed by atoms with Crippen LogP contribution in [0.5, 0.6) is 0 Å². The molecule has 0 fully saturated rings. The predicted octanol–water partition coefficient (Wildman–Crippen LogP) is 2.28. The van der Waals surface area contributed by atoms with Crippen molar-refractivity contribution in [1.82, 2.24) is 15.2 Å². The van der Waals surface area contributed by atoms with Crippen molar-refractivity contribution in [3.05, 3.63) is 23.4 Å². The molecule has 5 heteroatoms. The molecular formula is C16H28N4O. The first-order valence-electron chi connectivity index (χ1n) is 7.83. The summed E-state index contributed by atoms with van der Waals surface area (Å²) in [6.07, 6.45) is 0.970. The maximum atomic E-state index is 12.2. The van der Waals surface area contributed by atoms with Crippen molar-refractivity contribution in [3.63, 3.8) is 0 Å². The van der Waals surface area contributed by atoms with Gasteiger partial charge in [-0.2, -0.15) is 0 Å². The van der Waals surface area contributed by atoms with Crippen LogP contribution in [-0.2, 0) is 0 Å². The molecule has 0 radical (unpaired) electrons. The van der Waals surface area contributed by atoms with Crippen LogP contribution in [0.15, 0.2) is 12.1 Å². The van der Waals surface area contributed by atoms with Crippen LogP contribution in [0.2, 0.25) is 0 Å². The van der Waals surface area contributed by atoms with Crippen LogP contribution in [0.25, 0.3) is 0 Å². The highest BCUT2D eigenvalue weighted by molar-refractivity contribution is 5.94. The van der Waals surface area contributed by atoms with Crippen molar-refractivity contribution < 1.29 is 4.79 Å². The lowest BCUT2D eigenvalue weighted by Gasteiger charge is -2.17. The Bertz CT molecular complexity index is 444. The van der Waals surface area contributed by atoms with E-state index in [1.54, 1.807) is 6.07 Å². The van der Waals surface area contributed by atoms with E-state index < -0.39 is 0 Å². The quantitative estimate of drug-likeness (QED) is 0.686. The van der Waals surface area contributed by atoms with Gasteiger partial charge < -0.3 is 15.5 Å². The second-order valence-corrected chi connectivity index (χ2v) is 5.05. The molecule has 0 aliphatic rings. The lowest BCUT2D eigenvalue weighted by Crippen LogP contribution is -2.30. The van der Waals surface area contributed by atoms with E-state index in [0.717, 1.165) is 44.1 Å². The van der Waals surface area contributed by atoms with Gasteiger partial charge in [-0.3, -0.25) is 4.79 Å². The maximum Gasteiger partial charge on any atom is 0.251 e. The Morgan fingerprint density at radius 2 is 1.95 bits per heavy atom. The lowest BCUT2D eigenvalue weighted by atomic mass is 10.2. The van der Waals surface area contributed by atoms with Crippen molar-refractivity contribution in [3.8, 4) is 0 Å². The van der Waals surface area contributed by atoms with Crippen molar-refractivity contribution in [1.29, 1.82) is 0 Å². The van der Waals surface area contributed by atoms with Crippen LogP contribution in [0.1, 0.15) is 43.2 Å². The highest BCUT2D eigenvalue weighted by Crippen LogP contribution is 2.10. The van der Waals surface area contributed by atoms with Crippen LogP contribution in [0, 0.1) is 6.92 Å². The summed E-state index contributed by atoms with van der Waals surface area (Å²) < 4.78 is 0. The third-order valence-corrected chi connectivity index (χ3v) is 3.40. The largest absolute Gasteiger partial charge is 0.370 e. The van der Waals surface area contributed by atoms with E-state index >= 15 is 0 Å². The molecule has 0 aromatic carbocycles. The predicted molar refractivity (Wildman–Crippen MR) is 87.9 cm³/mol. The number of aromatic nitrogens is 1. The third kappa shape index (κ3) is 6.12. The van der Waals surface area contributed by atoms with Crippen molar-refractivity contribution in [2.45, 2.75) is 34.1 Å².